The van der Waals surface area contributed by atoms with E-state index in [1.165, 1.54) is 0 Å². The number of nitrogens with one attached hydrogen (secondary N) is 1. The lowest BCUT2D eigenvalue weighted by Crippen LogP contribution is -2.46. The Morgan fingerprint density at radius 3 is 2.37 bits per heavy atom. The molecule has 1 aromatic heterocycles. The van der Waals surface area contributed by atoms with E-state index < -0.39 is 6.04 Å². The molecule has 2 amide bonds. The number of thioether (sulfide) groups is 1. The predicted molar refractivity (Wildman–Crippen MR) is 140 cm³/mol. The number of carbonyl (C=O) groups excluding carboxylic acids is 1. The van der Waals surface area contributed by atoms with Gasteiger partial charge in [0.2, 0.25) is 5.82 Å². The Labute approximate surface area is 209 Å². The molecule has 6 nitrogen and oxygen atoms in total. The van der Waals surface area contributed by atoms with Gasteiger partial charge in [0.05, 0.1) is 17.3 Å². The van der Waals surface area contributed by atoms with E-state index in [2.05, 4.69) is 22.6 Å². The van der Waals surface area contributed by atoms with Gasteiger partial charge in [-0.3, -0.25) is 4.90 Å². The van der Waals surface area contributed by atoms with Crippen LogP contribution in [0.25, 0.3) is 17.0 Å². The number of aromatic nitrogens is 2. The third-order valence-electron chi connectivity index (χ3n) is 6.16. The van der Waals surface area contributed by atoms with Crippen molar-refractivity contribution in [3.05, 3.63) is 101 Å². The Bertz CT molecular complexity index is 1410. The van der Waals surface area contributed by atoms with Crippen LogP contribution in [-0.4, -0.2) is 22.4 Å². The van der Waals surface area contributed by atoms with Crippen LogP contribution in [0.2, 0.25) is 0 Å². The second-order valence-electron chi connectivity index (χ2n) is 8.62. The zero-order chi connectivity index (χ0) is 24.5. The van der Waals surface area contributed by atoms with Crippen LogP contribution in [0.3, 0.4) is 0 Å². The van der Waals surface area contributed by atoms with Crippen LogP contribution in [0.15, 0.2) is 87.9 Å². The van der Waals surface area contributed by atoms with E-state index in [1.54, 1.807) is 16.7 Å². The van der Waals surface area contributed by atoms with Crippen molar-refractivity contribution >= 4 is 29.1 Å². The SMILES string of the molecule is CSc1ccc(C2NC(=O)N(c3ccc(C)cc3)C(C)=C2c2nc(-c3cccc(C)c3)no2)cc1. The topological polar surface area (TPSA) is 71.3 Å². The van der Waals surface area contributed by atoms with Gasteiger partial charge in [0.15, 0.2) is 0 Å². The highest BCUT2D eigenvalue weighted by Crippen LogP contribution is 2.39. The highest BCUT2D eigenvalue weighted by Gasteiger charge is 2.36. The number of rotatable bonds is 5. The Balaban J connectivity index is 1.64. The van der Waals surface area contributed by atoms with Crippen molar-refractivity contribution < 1.29 is 9.32 Å². The molecule has 0 fully saturated rings. The van der Waals surface area contributed by atoms with Gasteiger partial charge in [0.1, 0.15) is 0 Å². The van der Waals surface area contributed by atoms with E-state index in [1.807, 2.05) is 87.7 Å². The van der Waals surface area contributed by atoms with Crippen LogP contribution < -0.4 is 10.2 Å². The van der Waals surface area contributed by atoms with E-state index in [9.17, 15) is 4.79 Å². The number of amides is 2. The number of urea groups is 1. The van der Waals surface area contributed by atoms with Gasteiger partial charge in [-0.05, 0) is 62.9 Å². The number of nitrogens with zero attached hydrogens (tertiary/aromatic N) is 3. The average Bonchev–Trinajstić information content (AvgIpc) is 3.35. The van der Waals surface area contributed by atoms with Crippen LogP contribution >= 0.6 is 11.8 Å². The maximum absolute atomic E-state index is 13.3. The lowest BCUT2D eigenvalue weighted by Gasteiger charge is -2.35. The number of carbonyl (C=O) groups is 1. The van der Waals surface area contributed by atoms with Crippen LogP contribution in [0.4, 0.5) is 10.5 Å². The minimum atomic E-state index is -0.425. The number of hydrogen-bond donors (Lipinski definition) is 1. The average molecular weight is 483 g/mol. The number of aryl methyl sites for hydroxylation is 2. The fourth-order valence-corrected chi connectivity index (χ4v) is 4.71. The molecule has 0 saturated carbocycles. The summed E-state index contributed by atoms with van der Waals surface area (Å²) in [4.78, 5) is 20.9. The van der Waals surface area contributed by atoms with Gasteiger partial charge in [0.25, 0.3) is 5.89 Å². The molecule has 4 aromatic rings. The van der Waals surface area contributed by atoms with Gasteiger partial charge in [-0.2, -0.15) is 4.98 Å². The monoisotopic (exact) mass is 482 g/mol. The molecule has 5 rings (SSSR count). The van der Waals surface area contributed by atoms with Crippen molar-refractivity contribution in [2.75, 3.05) is 11.2 Å². The maximum atomic E-state index is 13.3. The highest BCUT2D eigenvalue weighted by molar-refractivity contribution is 7.98. The first-order chi connectivity index (χ1) is 16.9. The van der Waals surface area contributed by atoms with Gasteiger partial charge in [-0.25, -0.2) is 4.79 Å². The lowest BCUT2D eigenvalue weighted by atomic mass is 9.94. The molecule has 1 N–H and O–H groups in total. The Morgan fingerprint density at radius 1 is 0.943 bits per heavy atom. The predicted octanol–water partition coefficient (Wildman–Crippen LogP) is 6.78. The van der Waals surface area contributed by atoms with Crippen molar-refractivity contribution in [1.82, 2.24) is 15.5 Å². The molecule has 1 aliphatic heterocycles. The fourth-order valence-electron chi connectivity index (χ4n) is 4.31. The molecule has 0 spiro atoms. The van der Waals surface area contributed by atoms with Gasteiger partial charge >= 0.3 is 6.03 Å². The number of hydrogen-bond acceptors (Lipinski definition) is 5. The Hall–Kier alpha value is -3.84. The summed E-state index contributed by atoms with van der Waals surface area (Å²) < 4.78 is 5.80. The summed E-state index contributed by atoms with van der Waals surface area (Å²) in [6.45, 7) is 5.98. The van der Waals surface area contributed by atoms with Crippen molar-refractivity contribution in [3.8, 4) is 11.4 Å². The zero-order valence-corrected chi connectivity index (χ0v) is 20.9. The van der Waals surface area contributed by atoms with Crippen LogP contribution in [0.1, 0.15) is 35.5 Å². The van der Waals surface area contributed by atoms with Gasteiger partial charge in [-0.1, -0.05) is 58.7 Å². The first-order valence-electron chi connectivity index (χ1n) is 11.4. The molecule has 1 unspecified atom stereocenters. The summed E-state index contributed by atoms with van der Waals surface area (Å²) in [7, 11) is 0. The molecule has 0 bridgehead atoms. The Kier molecular flexibility index (Phi) is 6.17. The largest absolute Gasteiger partial charge is 0.334 e. The minimum absolute atomic E-state index is 0.201. The number of benzene rings is 3. The van der Waals surface area contributed by atoms with Crippen LogP contribution in [-0.2, 0) is 0 Å². The summed E-state index contributed by atoms with van der Waals surface area (Å²) in [5.74, 6) is 0.898. The van der Waals surface area contributed by atoms with Crippen LogP contribution in [0.5, 0.6) is 0 Å². The molecule has 176 valence electrons. The normalized spacial score (nSPS) is 15.9. The summed E-state index contributed by atoms with van der Waals surface area (Å²) in [6, 6.07) is 23.4. The maximum Gasteiger partial charge on any atom is 0.326 e. The standard InChI is InChI=1S/C28H26N4O2S/c1-17-8-12-22(13-9-17)32-19(3)24(25(29-28(32)33)20-10-14-23(35-4)15-11-20)27-30-26(31-34-27)21-7-5-6-18(2)16-21/h5-16,25H,1-4H3,(H,29,33). The molecule has 1 atom stereocenters. The number of allylic oxidation sites excluding steroid dienone is 1. The first-order valence-corrected chi connectivity index (χ1v) is 12.6. The first kappa shape index (κ1) is 22.9. The lowest BCUT2D eigenvalue weighted by molar-refractivity contribution is 0.244. The van der Waals surface area contributed by atoms with E-state index in [0.29, 0.717) is 11.7 Å². The van der Waals surface area contributed by atoms with E-state index in [-0.39, 0.29) is 6.03 Å². The second-order valence-corrected chi connectivity index (χ2v) is 9.50. The molecule has 1 aliphatic rings. The molecule has 3 aromatic carbocycles. The molecular formula is C28H26N4O2S. The van der Waals surface area contributed by atoms with E-state index >= 15 is 0 Å². The zero-order valence-electron chi connectivity index (χ0n) is 20.1. The molecule has 7 heteroatoms. The van der Waals surface area contributed by atoms with E-state index in [4.69, 9.17) is 9.51 Å². The summed E-state index contributed by atoms with van der Waals surface area (Å²) in [5.41, 5.74) is 6.37. The molecule has 0 saturated heterocycles. The summed E-state index contributed by atoms with van der Waals surface area (Å²) in [6.07, 6.45) is 2.04. The highest BCUT2D eigenvalue weighted by atomic mass is 32.2. The molecule has 0 radical (unpaired) electrons. The van der Waals surface area contributed by atoms with Gasteiger partial charge in [0, 0.05) is 16.2 Å². The van der Waals surface area contributed by atoms with Crippen molar-refractivity contribution in [2.24, 2.45) is 0 Å². The quantitative estimate of drug-likeness (QED) is 0.318. The summed E-state index contributed by atoms with van der Waals surface area (Å²) >= 11 is 1.67. The third kappa shape index (κ3) is 4.47. The summed E-state index contributed by atoms with van der Waals surface area (Å²) in [5, 5.41) is 7.43. The fraction of sp³-hybridized carbons (Fsp3) is 0.179. The molecular weight excluding hydrogens is 456 g/mol. The van der Waals surface area contributed by atoms with Crippen molar-refractivity contribution in [3.63, 3.8) is 0 Å². The van der Waals surface area contributed by atoms with Gasteiger partial charge < -0.3 is 9.84 Å². The number of anilines is 1. The Morgan fingerprint density at radius 2 is 1.69 bits per heavy atom. The van der Waals surface area contributed by atoms with Crippen molar-refractivity contribution in [2.45, 2.75) is 31.7 Å². The molecule has 2 heterocycles. The van der Waals surface area contributed by atoms with Gasteiger partial charge in [-0.15, -0.1) is 11.8 Å². The molecule has 0 aliphatic carbocycles. The second kappa shape index (κ2) is 9.43. The van der Waals surface area contributed by atoms with E-state index in [0.717, 1.165) is 44.1 Å². The minimum Gasteiger partial charge on any atom is -0.334 e. The third-order valence-corrected chi connectivity index (χ3v) is 6.90. The van der Waals surface area contributed by atoms with Crippen molar-refractivity contribution in [1.29, 1.82) is 0 Å². The molecule has 35 heavy (non-hydrogen) atoms. The van der Waals surface area contributed by atoms with Crippen LogP contribution in [0, 0.1) is 13.8 Å². The smallest absolute Gasteiger partial charge is 0.326 e.